The summed E-state index contributed by atoms with van der Waals surface area (Å²) in [6, 6.07) is 44.2. The van der Waals surface area contributed by atoms with Crippen LogP contribution in [0.4, 0.5) is 0 Å². The molecule has 0 aliphatic heterocycles. The van der Waals surface area contributed by atoms with Crippen molar-refractivity contribution in [2.75, 3.05) is 0 Å². The first-order valence-electron chi connectivity index (χ1n) is 11.1. The molecule has 148 valence electrons. The molecule has 0 bridgehead atoms. The first-order chi connectivity index (χ1) is 15.9. The molecule has 0 saturated heterocycles. The van der Waals surface area contributed by atoms with Crippen molar-refractivity contribution in [2.24, 2.45) is 0 Å². The lowest BCUT2D eigenvalue weighted by atomic mass is 9.81. The van der Waals surface area contributed by atoms with Crippen LogP contribution in [-0.4, -0.2) is 0 Å². The van der Waals surface area contributed by atoms with Gasteiger partial charge in [-0.05, 0) is 65.3 Å². The van der Waals surface area contributed by atoms with E-state index in [-0.39, 0.29) is 0 Å². The monoisotopic (exact) mass is 404 g/mol. The van der Waals surface area contributed by atoms with Gasteiger partial charge < -0.3 is 0 Å². The van der Waals surface area contributed by atoms with E-state index in [0.717, 1.165) is 0 Å². The van der Waals surface area contributed by atoms with Crippen molar-refractivity contribution in [3.8, 4) is 22.3 Å². The van der Waals surface area contributed by atoms with E-state index in [0.29, 0.717) is 0 Å². The third-order valence-corrected chi connectivity index (χ3v) is 6.80. The van der Waals surface area contributed by atoms with Crippen molar-refractivity contribution in [2.45, 2.75) is 0 Å². The van der Waals surface area contributed by atoms with Crippen LogP contribution in [-0.2, 0) is 0 Å². The molecule has 0 atom stereocenters. The van der Waals surface area contributed by atoms with Crippen LogP contribution in [0.1, 0.15) is 0 Å². The van der Waals surface area contributed by atoms with Gasteiger partial charge >= 0.3 is 0 Å². The number of hydrogen-bond donors (Lipinski definition) is 0. The first-order valence-corrected chi connectivity index (χ1v) is 11.1. The Bertz CT molecular complexity index is 1610. The molecule has 32 heavy (non-hydrogen) atoms. The Morgan fingerprint density at radius 2 is 0.594 bits per heavy atom. The Hall–Kier alpha value is -4.16. The van der Waals surface area contributed by atoms with Crippen LogP contribution in [0.15, 0.2) is 121 Å². The van der Waals surface area contributed by atoms with E-state index >= 15 is 0 Å². The second-order valence-corrected chi connectivity index (χ2v) is 8.48. The highest BCUT2D eigenvalue weighted by atomic mass is 14.2. The lowest BCUT2D eigenvalue weighted by Crippen LogP contribution is -1.94. The van der Waals surface area contributed by atoms with E-state index in [9.17, 15) is 0 Å². The van der Waals surface area contributed by atoms with Gasteiger partial charge in [0.1, 0.15) is 0 Å². The van der Waals surface area contributed by atoms with E-state index in [2.05, 4.69) is 121 Å². The maximum atomic E-state index is 2.30. The average molecular weight is 405 g/mol. The third-order valence-electron chi connectivity index (χ3n) is 6.80. The fourth-order valence-electron chi connectivity index (χ4n) is 5.54. The van der Waals surface area contributed by atoms with Gasteiger partial charge in [0.2, 0.25) is 0 Å². The molecule has 0 heterocycles. The molecule has 0 amide bonds. The van der Waals surface area contributed by atoms with Crippen molar-refractivity contribution < 1.29 is 0 Å². The molecule has 0 aromatic heterocycles. The summed E-state index contributed by atoms with van der Waals surface area (Å²) in [6.45, 7) is 0. The van der Waals surface area contributed by atoms with Gasteiger partial charge in [-0.3, -0.25) is 0 Å². The summed E-state index contributed by atoms with van der Waals surface area (Å²) in [4.78, 5) is 0. The molecule has 0 spiro atoms. The Labute approximate surface area is 186 Å². The van der Waals surface area contributed by atoms with E-state index in [1.165, 1.54) is 65.3 Å². The number of rotatable bonds is 2. The van der Waals surface area contributed by atoms with Crippen LogP contribution < -0.4 is 0 Å². The molecule has 7 rings (SSSR count). The zero-order valence-electron chi connectivity index (χ0n) is 17.5. The summed E-state index contributed by atoms with van der Waals surface area (Å²) < 4.78 is 0. The van der Waals surface area contributed by atoms with Gasteiger partial charge in [0.15, 0.2) is 0 Å². The Balaban J connectivity index is 1.85. The molecular formula is C32H20. The van der Waals surface area contributed by atoms with Crippen molar-refractivity contribution in [1.29, 1.82) is 0 Å². The van der Waals surface area contributed by atoms with Gasteiger partial charge in [0, 0.05) is 0 Å². The van der Waals surface area contributed by atoms with E-state index in [1.54, 1.807) is 0 Å². The first kappa shape index (κ1) is 17.5. The van der Waals surface area contributed by atoms with Crippen LogP contribution in [0.5, 0.6) is 0 Å². The smallest absolute Gasteiger partial charge is 0.00137 e. The second kappa shape index (κ2) is 6.67. The summed E-state index contributed by atoms with van der Waals surface area (Å²) in [7, 11) is 0. The summed E-state index contributed by atoms with van der Waals surface area (Å²) >= 11 is 0. The minimum atomic E-state index is 1.26. The molecule has 0 heteroatoms. The maximum Gasteiger partial charge on any atom is -0.00137 e. The quantitative estimate of drug-likeness (QED) is 0.199. The zero-order chi connectivity index (χ0) is 21.1. The largest absolute Gasteiger partial charge is 0.0622 e. The summed E-state index contributed by atoms with van der Waals surface area (Å²) in [5.74, 6) is 0. The number of hydrogen-bond acceptors (Lipinski definition) is 0. The minimum absolute atomic E-state index is 1.26. The zero-order valence-corrected chi connectivity index (χ0v) is 17.5. The fourth-order valence-corrected chi connectivity index (χ4v) is 5.54. The van der Waals surface area contributed by atoms with Crippen LogP contribution in [0.3, 0.4) is 0 Å². The summed E-state index contributed by atoms with van der Waals surface area (Å²) in [5, 5.41) is 10.7. The molecule has 0 nitrogen and oxygen atoms in total. The average Bonchev–Trinajstić information content (AvgIpc) is 2.88. The normalized spacial score (nSPS) is 11.8. The SMILES string of the molecule is c1ccc(-c2c(-c3ccccc3)c3cccc4c5ccccc5c5cccc2c5c34)cc1. The maximum absolute atomic E-state index is 2.30. The minimum Gasteiger partial charge on any atom is -0.0622 e. The Kier molecular flexibility index (Phi) is 3.65. The van der Waals surface area contributed by atoms with Crippen LogP contribution in [0, 0.1) is 0 Å². The molecule has 0 unspecified atom stereocenters. The van der Waals surface area contributed by atoms with E-state index in [4.69, 9.17) is 0 Å². The summed E-state index contributed by atoms with van der Waals surface area (Å²) in [5.41, 5.74) is 5.15. The molecule has 0 aliphatic carbocycles. The van der Waals surface area contributed by atoms with Crippen molar-refractivity contribution in [1.82, 2.24) is 0 Å². The molecule has 7 aromatic carbocycles. The summed E-state index contributed by atoms with van der Waals surface area (Å²) in [6.07, 6.45) is 0. The highest BCUT2D eigenvalue weighted by Gasteiger charge is 2.21. The molecule has 0 radical (unpaired) electrons. The Morgan fingerprint density at radius 1 is 0.250 bits per heavy atom. The number of benzene rings is 7. The van der Waals surface area contributed by atoms with Crippen molar-refractivity contribution in [3.05, 3.63) is 121 Å². The van der Waals surface area contributed by atoms with Crippen LogP contribution in [0.2, 0.25) is 0 Å². The molecular weight excluding hydrogens is 384 g/mol. The molecule has 0 N–H and O–H groups in total. The molecule has 7 aromatic rings. The topological polar surface area (TPSA) is 0 Å². The van der Waals surface area contributed by atoms with Gasteiger partial charge in [0.05, 0.1) is 0 Å². The Morgan fingerprint density at radius 3 is 1.03 bits per heavy atom. The van der Waals surface area contributed by atoms with E-state index < -0.39 is 0 Å². The van der Waals surface area contributed by atoms with Crippen molar-refractivity contribution >= 4 is 43.1 Å². The van der Waals surface area contributed by atoms with Gasteiger partial charge in [-0.15, -0.1) is 0 Å². The van der Waals surface area contributed by atoms with Crippen LogP contribution >= 0.6 is 0 Å². The predicted molar refractivity (Wildman–Crippen MR) is 139 cm³/mol. The van der Waals surface area contributed by atoms with Crippen LogP contribution in [0.25, 0.3) is 65.3 Å². The number of fused-ring (bicyclic) bond motifs is 3. The van der Waals surface area contributed by atoms with Gasteiger partial charge in [0.25, 0.3) is 0 Å². The van der Waals surface area contributed by atoms with Crippen molar-refractivity contribution in [3.63, 3.8) is 0 Å². The van der Waals surface area contributed by atoms with Gasteiger partial charge in [-0.1, -0.05) is 121 Å². The standard InChI is InChI=1S/C32H20/c1-3-11-21(12-4-1)29-27-19-9-17-25-23-15-7-8-16-24(23)26-18-10-20-28(32(26)31(25)27)30(29)22-13-5-2-6-14-22/h1-20H. The van der Waals surface area contributed by atoms with Gasteiger partial charge in [-0.2, -0.15) is 0 Å². The highest BCUT2D eigenvalue weighted by Crippen LogP contribution is 2.49. The third kappa shape index (κ3) is 2.32. The predicted octanol–water partition coefficient (Wildman–Crippen LogP) is 9.07. The lowest BCUT2D eigenvalue weighted by molar-refractivity contribution is 1.63. The fraction of sp³-hybridized carbons (Fsp3) is 0. The second-order valence-electron chi connectivity index (χ2n) is 8.48. The molecule has 0 fully saturated rings. The molecule has 0 saturated carbocycles. The molecule has 0 aliphatic rings. The highest BCUT2D eigenvalue weighted by molar-refractivity contribution is 6.38. The van der Waals surface area contributed by atoms with E-state index in [1.807, 2.05) is 0 Å². The van der Waals surface area contributed by atoms with Gasteiger partial charge in [-0.25, -0.2) is 0 Å². The lowest BCUT2D eigenvalue weighted by Gasteiger charge is -2.22.